The highest BCUT2D eigenvalue weighted by molar-refractivity contribution is 6.44. The number of rotatable bonds is 8. The van der Waals surface area contributed by atoms with Crippen LogP contribution in [0.25, 0.3) is 0 Å². The van der Waals surface area contributed by atoms with E-state index < -0.39 is 17.8 Å². The molecule has 0 spiro atoms. The molecule has 0 heterocycles. The minimum Gasteiger partial charge on any atom is -0.497 e. The number of amides is 2. The summed E-state index contributed by atoms with van der Waals surface area (Å²) in [5.41, 5.74) is 0.670. The Bertz CT molecular complexity index is 881. The average Bonchev–Trinajstić information content (AvgIpc) is 2.74. The van der Waals surface area contributed by atoms with Crippen molar-refractivity contribution in [3.05, 3.63) is 48.0 Å². The SMILES string of the molecule is CCCCOC(=O)c1ccccc1NC(=O)C(=O)Nc1ccc(OC)cc1OC. The molecule has 2 aromatic carbocycles. The molecule has 2 aromatic rings. The van der Waals surface area contributed by atoms with Gasteiger partial charge in [-0.25, -0.2) is 4.79 Å². The van der Waals surface area contributed by atoms with Gasteiger partial charge >= 0.3 is 17.8 Å². The molecule has 2 amide bonds. The van der Waals surface area contributed by atoms with Crippen molar-refractivity contribution >= 4 is 29.2 Å². The van der Waals surface area contributed by atoms with E-state index in [4.69, 9.17) is 14.2 Å². The van der Waals surface area contributed by atoms with Crippen LogP contribution in [0.1, 0.15) is 30.1 Å². The maximum atomic E-state index is 12.3. The van der Waals surface area contributed by atoms with Gasteiger partial charge in [0, 0.05) is 6.07 Å². The number of benzene rings is 2. The Morgan fingerprint density at radius 2 is 1.59 bits per heavy atom. The standard InChI is InChI=1S/C21H24N2O6/c1-4-5-12-29-21(26)15-8-6-7-9-16(15)22-19(24)20(25)23-17-11-10-14(27-2)13-18(17)28-3/h6-11,13H,4-5,12H2,1-3H3,(H,22,24)(H,23,25). The van der Waals surface area contributed by atoms with Gasteiger partial charge in [-0.2, -0.15) is 0 Å². The third kappa shape index (κ3) is 5.97. The van der Waals surface area contributed by atoms with Crippen LogP contribution in [0.2, 0.25) is 0 Å². The lowest BCUT2D eigenvalue weighted by Gasteiger charge is -2.13. The topological polar surface area (TPSA) is 103 Å². The summed E-state index contributed by atoms with van der Waals surface area (Å²) in [5, 5.41) is 4.92. The number of esters is 1. The van der Waals surface area contributed by atoms with Gasteiger partial charge in [0.2, 0.25) is 0 Å². The molecule has 0 unspecified atom stereocenters. The molecule has 8 nitrogen and oxygen atoms in total. The first-order valence-corrected chi connectivity index (χ1v) is 9.10. The van der Waals surface area contributed by atoms with Gasteiger partial charge in [0.1, 0.15) is 11.5 Å². The van der Waals surface area contributed by atoms with Gasteiger partial charge < -0.3 is 24.8 Å². The number of anilines is 2. The maximum absolute atomic E-state index is 12.3. The number of carbonyl (C=O) groups is 3. The van der Waals surface area contributed by atoms with Crippen molar-refractivity contribution in [3.63, 3.8) is 0 Å². The second-order valence-electron chi connectivity index (χ2n) is 6.01. The molecule has 0 bridgehead atoms. The molecular weight excluding hydrogens is 376 g/mol. The number of carbonyl (C=O) groups excluding carboxylic acids is 3. The smallest absolute Gasteiger partial charge is 0.340 e. The Morgan fingerprint density at radius 3 is 2.24 bits per heavy atom. The molecule has 0 aromatic heterocycles. The Morgan fingerprint density at radius 1 is 0.897 bits per heavy atom. The minimum atomic E-state index is -0.934. The summed E-state index contributed by atoms with van der Waals surface area (Å²) in [6, 6.07) is 11.1. The van der Waals surface area contributed by atoms with Crippen LogP contribution >= 0.6 is 0 Å². The molecule has 0 aliphatic rings. The number of hydrogen-bond acceptors (Lipinski definition) is 6. The van der Waals surface area contributed by atoms with Gasteiger partial charge in [-0.15, -0.1) is 0 Å². The molecule has 0 radical (unpaired) electrons. The second kappa shape index (κ2) is 10.7. The van der Waals surface area contributed by atoms with Crippen molar-refractivity contribution in [2.24, 2.45) is 0 Å². The van der Waals surface area contributed by atoms with E-state index in [9.17, 15) is 14.4 Å². The molecular formula is C21H24N2O6. The van der Waals surface area contributed by atoms with Gasteiger partial charge in [0.25, 0.3) is 0 Å². The molecule has 0 fully saturated rings. The first-order valence-electron chi connectivity index (χ1n) is 9.10. The van der Waals surface area contributed by atoms with Gasteiger partial charge in [-0.05, 0) is 30.7 Å². The summed E-state index contributed by atoms with van der Waals surface area (Å²) >= 11 is 0. The zero-order chi connectivity index (χ0) is 21.2. The quantitative estimate of drug-likeness (QED) is 0.401. The number of ether oxygens (including phenoxy) is 3. The number of unbranched alkanes of at least 4 members (excludes halogenated alkanes) is 1. The van der Waals surface area contributed by atoms with Crippen LogP contribution in [0.15, 0.2) is 42.5 Å². The molecule has 0 aliphatic carbocycles. The van der Waals surface area contributed by atoms with Crippen LogP contribution in [0.4, 0.5) is 11.4 Å². The predicted molar refractivity (Wildman–Crippen MR) is 108 cm³/mol. The fourth-order valence-corrected chi connectivity index (χ4v) is 2.42. The Labute approximate surface area is 169 Å². The van der Waals surface area contributed by atoms with Crippen molar-refractivity contribution in [2.45, 2.75) is 19.8 Å². The van der Waals surface area contributed by atoms with Crippen LogP contribution < -0.4 is 20.1 Å². The normalized spacial score (nSPS) is 10.0. The first-order chi connectivity index (χ1) is 14.0. The Hall–Kier alpha value is -3.55. The maximum Gasteiger partial charge on any atom is 0.340 e. The molecule has 0 atom stereocenters. The fourth-order valence-electron chi connectivity index (χ4n) is 2.42. The number of methoxy groups -OCH3 is 2. The molecule has 2 N–H and O–H groups in total. The van der Waals surface area contributed by atoms with E-state index in [1.165, 1.54) is 26.4 Å². The van der Waals surface area contributed by atoms with E-state index in [-0.39, 0.29) is 17.9 Å². The third-order valence-electron chi connectivity index (χ3n) is 3.99. The summed E-state index contributed by atoms with van der Waals surface area (Å²) in [6.45, 7) is 2.27. The predicted octanol–water partition coefficient (Wildman–Crippen LogP) is 3.24. The zero-order valence-corrected chi connectivity index (χ0v) is 16.6. The summed E-state index contributed by atoms with van der Waals surface area (Å²) in [4.78, 5) is 36.9. The molecule has 29 heavy (non-hydrogen) atoms. The van der Waals surface area contributed by atoms with Crippen LogP contribution in [0, 0.1) is 0 Å². The van der Waals surface area contributed by atoms with Crippen molar-refractivity contribution in [1.82, 2.24) is 0 Å². The summed E-state index contributed by atoms with van der Waals surface area (Å²) < 4.78 is 15.5. The molecule has 0 aliphatic heterocycles. The Kier molecular flexibility index (Phi) is 8.02. The zero-order valence-electron chi connectivity index (χ0n) is 16.6. The van der Waals surface area contributed by atoms with Crippen molar-refractivity contribution in [1.29, 1.82) is 0 Å². The highest BCUT2D eigenvalue weighted by Gasteiger charge is 2.20. The third-order valence-corrected chi connectivity index (χ3v) is 3.99. The van der Waals surface area contributed by atoms with Crippen molar-refractivity contribution in [3.8, 4) is 11.5 Å². The summed E-state index contributed by atoms with van der Waals surface area (Å²) in [7, 11) is 2.94. The van der Waals surface area contributed by atoms with Crippen LogP contribution in [-0.4, -0.2) is 38.6 Å². The highest BCUT2D eigenvalue weighted by Crippen LogP contribution is 2.29. The largest absolute Gasteiger partial charge is 0.497 e. The number of hydrogen-bond donors (Lipinski definition) is 2. The van der Waals surface area contributed by atoms with E-state index >= 15 is 0 Å². The molecule has 2 rings (SSSR count). The molecule has 8 heteroatoms. The van der Waals surface area contributed by atoms with Crippen molar-refractivity contribution in [2.75, 3.05) is 31.5 Å². The molecule has 154 valence electrons. The minimum absolute atomic E-state index is 0.173. The Balaban J connectivity index is 2.09. The highest BCUT2D eigenvalue weighted by atomic mass is 16.5. The average molecular weight is 400 g/mol. The number of nitrogens with one attached hydrogen (secondary N) is 2. The van der Waals surface area contributed by atoms with E-state index in [1.807, 2.05) is 6.92 Å². The molecule has 0 saturated heterocycles. The van der Waals surface area contributed by atoms with Crippen LogP contribution in [0.3, 0.4) is 0 Å². The van der Waals surface area contributed by atoms with Gasteiger partial charge in [0.05, 0.1) is 37.8 Å². The van der Waals surface area contributed by atoms with Crippen molar-refractivity contribution < 1.29 is 28.6 Å². The lowest BCUT2D eigenvalue weighted by molar-refractivity contribution is -0.133. The molecule has 0 saturated carbocycles. The number of para-hydroxylation sites is 1. The lowest BCUT2D eigenvalue weighted by atomic mass is 10.1. The van der Waals surface area contributed by atoms with Crippen LogP contribution in [-0.2, 0) is 14.3 Å². The fraction of sp³-hybridized carbons (Fsp3) is 0.286. The lowest BCUT2D eigenvalue weighted by Crippen LogP contribution is -2.30. The summed E-state index contributed by atoms with van der Waals surface area (Å²) in [6.07, 6.45) is 1.63. The van der Waals surface area contributed by atoms with Crippen LogP contribution in [0.5, 0.6) is 11.5 Å². The van der Waals surface area contributed by atoms with Gasteiger partial charge in [-0.1, -0.05) is 25.5 Å². The van der Waals surface area contributed by atoms with E-state index in [2.05, 4.69) is 10.6 Å². The van der Waals surface area contributed by atoms with Gasteiger partial charge in [-0.3, -0.25) is 9.59 Å². The monoisotopic (exact) mass is 400 g/mol. The van der Waals surface area contributed by atoms with E-state index in [1.54, 1.807) is 30.3 Å². The first kappa shape index (κ1) is 21.7. The summed E-state index contributed by atoms with van der Waals surface area (Å²) in [5.74, 6) is -1.53. The van der Waals surface area contributed by atoms with E-state index in [0.717, 1.165) is 12.8 Å². The van der Waals surface area contributed by atoms with Gasteiger partial charge in [0.15, 0.2) is 0 Å². The second-order valence-corrected chi connectivity index (χ2v) is 6.01. The van der Waals surface area contributed by atoms with E-state index in [0.29, 0.717) is 17.2 Å².